The van der Waals surface area contributed by atoms with Gasteiger partial charge in [-0.3, -0.25) is 0 Å². The van der Waals surface area contributed by atoms with Crippen molar-refractivity contribution in [3.05, 3.63) is 41.6 Å². The Morgan fingerprint density at radius 3 is 2.41 bits per heavy atom. The van der Waals surface area contributed by atoms with Gasteiger partial charge < -0.3 is 21.9 Å². The van der Waals surface area contributed by atoms with Crippen LogP contribution < -0.4 is 17.2 Å². The lowest BCUT2D eigenvalue weighted by molar-refractivity contribution is 0.146. The fraction of sp³-hybridized carbons (Fsp3) is 0.250. The Hall–Kier alpha value is -2.60. The van der Waals surface area contributed by atoms with Gasteiger partial charge >= 0.3 is 0 Å². The molecule has 2 rings (SSSR count). The summed E-state index contributed by atoms with van der Waals surface area (Å²) in [6.07, 6.45) is 2.00. The molecular formula is C16H21N5O. The second kappa shape index (κ2) is 6.91. The predicted octanol–water partition coefficient (Wildman–Crippen LogP) is 2.37. The Morgan fingerprint density at radius 1 is 1.09 bits per heavy atom. The molecular weight excluding hydrogens is 278 g/mol. The second-order valence-corrected chi connectivity index (χ2v) is 5.21. The third kappa shape index (κ3) is 3.95. The van der Waals surface area contributed by atoms with Gasteiger partial charge in [0.1, 0.15) is 5.82 Å². The topological polar surface area (TPSA) is 113 Å². The lowest BCUT2D eigenvalue weighted by atomic mass is 10.0. The van der Waals surface area contributed by atoms with Crippen LogP contribution in [0.5, 0.6) is 0 Å². The summed E-state index contributed by atoms with van der Waals surface area (Å²) in [4.78, 5) is 8.29. The van der Waals surface area contributed by atoms with Crippen molar-refractivity contribution in [2.75, 3.05) is 23.8 Å². The highest BCUT2D eigenvalue weighted by atomic mass is 16.5. The molecule has 0 aliphatic heterocycles. The summed E-state index contributed by atoms with van der Waals surface area (Å²) in [7, 11) is 0. The van der Waals surface area contributed by atoms with E-state index < -0.39 is 0 Å². The van der Waals surface area contributed by atoms with E-state index in [0.717, 1.165) is 11.1 Å². The normalized spacial score (nSPS) is 10.5. The third-order valence-electron chi connectivity index (χ3n) is 3.08. The first-order valence-corrected chi connectivity index (χ1v) is 6.96. The molecule has 0 spiro atoms. The van der Waals surface area contributed by atoms with Crippen LogP contribution in [0.1, 0.15) is 19.5 Å². The first-order chi connectivity index (χ1) is 10.5. The predicted molar refractivity (Wildman–Crippen MR) is 89.8 cm³/mol. The maximum absolute atomic E-state index is 6.01. The van der Waals surface area contributed by atoms with Crippen molar-refractivity contribution in [1.82, 2.24) is 9.97 Å². The van der Waals surface area contributed by atoms with Crippen molar-refractivity contribution in [3.63, 3.8) is 0 Å². The summed E-state index contributed by atoms with van der Waals surface area (Å²) >= 11 is 0. The molecule has 0 saturated heterocycles. The van der Waals surface area contributed by atoms with Gasteiger partial charge in [-0.2, -0.15) is 4.98 Å². The molecule has 0 saturated carbocycles. The average molecular weight is 299 g/mol. The summed E-state index contributed by atoms with van der Waals surface area (Å²) in [5.41, 5.74) is 21.6. The fourth-order valence-electron chi connectivity index (χ4n) is 2.00. The maximum atomic E-state index is 6.01. The summed E-state index contributed by atoms with van der Waals surface area (Å²) in [5.74, 6) is 0.468. The molecule has 6 N–H and O–H groups in total. The van der Waals surface area contributed by atoms with Crippen LogP contribution >= 0.6 is 0 Å². The number of hydrogen-bond acceptors (Lipinski definition) is 6. The first kappa shape index (κ1) is 15.8. The quantitative estimate of drug-likeness (QED) is 0.444. The van der Waals surface area contributed by atoms with Gasteiger partial charge in [0.15, 0.2) is 0 Å². The molecule has 0 aliphatic rings. The van der Waals surface area contributed by atoms with Crippen LogP contribution in [-0.4, -0.2) is 16.6 Å². The van der Waals surface area contributed by atoms with Gasteiger partial charge in [0, 0.05) is 11.3 Å². The van der Waals surface area contributed by atoms with Gasteiger partial charge in [-0.25, -0.2) is 4.98 Å². The molecule has 1 aromatic carbocycles. The van der Waals surface area contributed by atoms with Gasteiger partial charge in [0.2, 0.25) is 5.95 Å². The van der Waals surface area contributed by atoms with Crippen LogP contribution in [0, 0.1) is 0 Å². The van der Waals surface area contributed by atoms with E-state index in [9.17, 15) is 0 Å². The Bertz CT molecular complexity index is 676. The molecule has 6 heteroatoms. The maximum Gasteiger partial charge on any atom is 0.222 e. The fourth-order valence-corrected chi connectivity index (χ4v) is 2.00. The Kier molecular flexibility index (Phi) is 4.95. The van der Waals surface area contributed by atoms with E-state index in [1.54, 1.807) is 12.1 Å². The van der Waals surface area contributed by atoms with E-state index >= 15 is 0 Å². The number of allylic oxidation sites excluding steroid dienone is 1. The molecule has 0 amide bonds. The number of nitrogens with two attached hydrogens (primary N) is 3. The highest BCUT2D eigenvalue weighted by Gasteiger charge is 2.13. The Morgan fingerprint density at radius 2 is 1.77 bits per heavy atom. The minimum atomic E-state index is 0.137. The Labute approximate surface area is 130 Å². The molecule has 0 atom stereocenters. The van der Waals surface area contributed by atoms with Crippen LogP contribution in [0.15, 0.2) is 35.9 Å². The van der Waals surface area contributed by atoms with E-state index in [1.165, 1.54) is 5.57 Å². The van der Waals surface area contributed by atoms with Crippen LogP contribution in [0.3, 0.4) is 0 Å². The number of anilines is 3. The van der Waals surface area contributed by atoms with Gasteiger partial charge in [-0.15, -0.1) is 0 Å². The number of benzene rings is 1. The van der Waals surface area contributed by atoms with Crippen LogP contribution in [0.4, 0.5) is 17.5 Å². The largest absolute Gasteiger partial charge is 0.399 e. The van der Waals surface area contributed by atoms with Crippen molar-refractivity contribution in [3.8, 4) is 11.1 Å². The van der Waals surface area contributed by atoms with Crippen LogP contribution in [0.2, 0.25) is 0 Å². The van der Waals surface area contributed by atoms with Crippen molar-refractivity contribution in [2.45, 2.75) is 20.5 Å². The molecule has 1 heterocycles. The summed E-state index contributed by atoms with van der Waals surface area (Å²) in [6, 6.07) is 7.36. The molecule has 22 heavy (non-hydrogen) atoms. The van der Waals surface area contributed by atoms with Crippen LogP contribution in [0.25, 0.3) is 11.1 Å². The lowest BCUT2D eigenvalue weighted by Gasteiger charge is -2.12. The summed E-state index contributed by atoms with van der Waals surface area (Å²) in [6.45, 7) is 4.85. The summed E-state index contributed by atoms with van der Waals surface area (Å²) in [5, 5.41) is 0. The molecule has 0 fully saturated rings. The van der Waals surface area contributed by atoms with Gasteiger partial charge in [-0.05, 0) is 31.5 Å². The number of hydrogen-bond donors (Lipinski definition) is 3. The highest BCUT2D eigenvalue weighted by Crippen LogP contribution is 2.29. The van der Waals surface area contributed by atoms with Gasteiger partial charge in [0.25, 0.3) is 0 Å². The van der Waals surface area contributed by atoms with E-state index in [1.807, 2.05) is 32.1 Å². The average Bonchev–Trinajstić information content (AvgIpc) is 2.44. The molecule has 6 nitrogen and oxygen atoms in total. The van der Waals surface area contributed by atoms with Crippen molar-refractivity contribution < 1.29 is 4.74 Å². The van der Waals surface area contributed by atoms with Crippen molar-refractivity contribution >= 4 is 17.5 Å². The number of ether oxygens (including phenoxy) is 1. The number of nitrogens with zero attached hydrogens (tertiary/aromatic N) is 2. The zero-order valence-corrected chi connectivity index (χ0v) is 12.8. The SMILES string of the molecule is CC(C)=CCOCc1nc(N)nc(N)c1-c1ccc(N)cc1. The van der Waals surface area contributed by atoms with E-state index in [-0.39, 0.29) is 5.95 Å². The molecule has 2 aromatic rings. The van der Waals surface area contributed by atoms with Crippen molar-refractivity contribution in [1.29, 1.82) is 0 Å². The molecule has 1 aromatic heterocycles. The number of nitrogen functional groups attached to an aromatic ring is 3. The van der Waals surface area contributed by atoms with Crippen molar-refractivity contribution in [2.24, 2.45) is 0 Å². The van der Waals surface area contributed by atoms with Gasteiger partial charge in [0.05, 0.1) is 18.9 Å². The minimum Gasteiger partial charge on any atom is -0.399 e. The smallest absolute Gasteiger partial charge is 0.222 e. The van der Waals surface area contributed by atoms with Crippen LogP contribution in [-0.2, 0) is 11.3 Å². The first-order valence-electron chi connectivity index (χ1n) is 6.96. The number of rotatable bonds is 5. The molecule has 116 valence electrons. The summed E-state index contributed by atoms with van der Waals surface area (Å²) < 4.78 is 5.62. The van der Waals surface area contributed by atoms with E-state index in [4.69, 9.17) is 21.9 Å². The highest BCUT2D eigenvalue weighted by molar-refractivity contribution is 5.77. The second-order valence-electron chi connectivity index (χ2n) is 5.21. The standard InChI is InChI=1S/C16H21N5O/c1-10(2)7-8-22-9-13-14(15(18)21-16(19)20-13)11-3-5-12(17)6-4-11/h3-7H,8-9,17H2,1-2H3,(H4,18,19,20,21). The third-order valence-corrected chi connectivity index (χ3v) is 3.08. The molecule has 0 bridgehead atoms. The zero-order chi connectivity index (χ0) is 16.1. The number of aromatic nitrogens is 2. The Balaban J connectivity index is 2.31. The zero-order valence-electron chi connectivity index (χ0n) is 12.8. The monoisotopic (exact) mass is 299 g/mol. The minimum absolute atomic E-state index is 0.137. The lowest BCUT2D eigenvalue weighted by Crippen LogP contribution is -2.08. The van der Waals surface area contributed by atoms with E-state index in [0.29, 0.717) is 30.4 Å². The molecule has 0 aliphatic carbocycles. The van der Waals surface area contributed by atoms with Gasteiger partial charge in [-0.1, -0.05) is 23.8 Å². The van der Waals surface area contributed by atoms with E-state index in [2.05, 4.69) is 9.97 Å². The molecule has 0 radical (unpaired) electrons. The molecule has 0 unspecified atom stereocenters.